The van der Waals surface area contributed by atoms with Crippen molar-refractivity contribution in [3.63, 3.8) is 0 Å². The van der Waals surface area contributed by atoms with Gasteiger partial charge in [-0.1, -0.05) is 30.3 Å². The molecule has 110 valence electrons. The van der Waals surface area contributed by atoms with Crippen molar-refractivity contribution >= 4 is 0 Å². The van der Waals surface area contributed by atoms with E-state index in [-0.39, 0.29) is 0 Å². The van der Waals surface area contributed by atoms with Gasteiger partial charge in [-0.3, -0.25) is 0 Å². The van der Waals surface area contributed by atoms with Crippen molar-refractivity contribution < 1.29 is 4.74 Å². The van der Waals surface area contributed by atoms with Gasteiger partial charge < -0.3 is 9.64 Å². The van der Waals surface area contributed by atoms with Gasteiger partial charge in [0.2, 0.25) is 0 Å². The summed E-state index contributed by atoms with van der Waals surface area (Å²) in [6, 6.07) is 11.1. The predicted octanol–water partition coefficient (Wildman–Crippen LogP) is 3.54. The molecule has 20 heavy (non-hydrogen) atoms. The molecule has 2 fully saturated rings. The molecule has 1 aliphatic heterocycles. The standard InChI is InChI=1S/C18H27NO/c1-20-12-11-19-9-7-15(8-10-19)13-17-14-18(17)16-5-3-2-4-6-16/h2-6,15,17-18H,7-14H2,1H3/t17-,18+/m1/s1. The van der Waals surface area contributed by atoms with Gasteiger partial charge >= 0.3 is 0 Å². The Labute approximate surface area is 123 Å². The van der Waals surface area contributed by atoms with Crippen LogP contribution in [0.15, 0.2) is 30.3 Å². The third kappa shape index (κ3) is 3.62. The van der Waals surface area contributed by atoms with Crippen LogP contribution in [0.1, 0.15) is 37.2 Å². The number of methoxy groups -OCH3 is 1. The van der Waals surface area contributed by atoms with Crippen LogP contribution in [0.3, 0.4) is 0 Å². The molecule has 0 unspecified atom stereocenters. The van der Waals surface area contributed by atoms with E-state index in [1.807, 2.05) is 0 Å². The van der Waals surface area contributed by atoms with Crippen LogP contribution < -0.4 is 0 Å². The van der Waals surface area contributed by atoms with Crippen LogP contribution in [0.25, 0.3) is 0 Å². The average molecular weight is 273 g/mol. The molecule has 1 aromatic carbocycles. The number of nitrogens with zero attached hydrogens (tertiary/aromatic N) is 1. The molecule has 3 rings (SSSR count). The SMILES string of the molecule is COCCN1CCC(C[C@@H]2C[C@H]2c2ccccc2)CC1. The van der Waals surface area contributed by atoms with Gasteiger partial charge in [0, 0.05) is 13.7 Å². The molecule has 1 saturated carbocycles. The van der Waals surface area contributed by atoms with Crippen LogP contribution in [0.5, 0.6) is 0 Å². The molecule has 1 aromatic rings. The van der Waals surface area contributed by atoms with Crippen molar-refractivity contribution in [2.45, 2.75) is 31.6 Å². The highest BCUT2D eigenvalue weighted by Gasteiger charge is 2.39. The van der Waals surface area contributed by atoms with Crippen LogP contribution in [0.2, 0.25) is 0 Å². The number of likely N-dealkylation sites (tertiary alicyclic amines) is 1. The lowest BCUT2D eigenvalue weighted by atomic mass is 9.90. The Balaban J connectivity index is 1.39. The van der Waals surface area contributed by atoms with E-state index >= 15 is 0 Å². The zero-order valence-corrected chi connectivity index (χ0v) is 12.6. The van der Waals surface area contributed by atoms with Crippen molar-refractivity contribution in [2.24, 2.45) is 11.8 Å². The number of ether oxygens (including phenoxy) is 1. The molecule has 2 atom stereocenters. The third-order valence-electron chi connectivity index (χ3n) is 5.11. The molecule has 0 radical (unpaired) electrons. The number of hydrogen-bond donors (Lipinski definition) is 0. The zero-order chi connectivity index (χ0) is 13.8. The summed E-state index contributed by atoms with van der Waals surface area (Å²) in [6.45, 7) is 4.54. The van der Waals surface area contributed by atoms with Gasteiger partial charge in [0.15, 0.2) is 0 Å². The smallest absolute Gasteiger partial charge is 0.0589 e. The fourth-order valence-electron chi connectivity index (χ4n) is 3.71. The lowest BCUT2D eigenvalue weighted by Gasteiger charge is -2.31. The Morgan fingerprint density at radius 3 is 2.60 bits per heavy atom. The first-order valence-corrected chi connectivity index (χ1v) is 8.13. The van der Waals surface area contributed by atoms with E-state index in [2.05, 4.69) is 35.2 Å². The zero-order valence-electron chi connectivity index (χ0n) is 12.6. The van der Waals surface area contributed by atoms with Gasteiger partial charge in [-0.05, 0) is 62.1 Å². The number of benzene rings is 1. The van der Waals surface area contributed by atoms with Crippen molar-refractivity contribution in [2.75, 3.05) is 33.4 Å². The summed E-state index contributed by atoms with van der Waals surface area (Å²) < 4.78 is 5.17. The molecule has 0 bridgehead atoms. The van der Waals surface area contributed by atoms with Gasteiger partial charge in [0.05, 0.1) is 6.61 Å². The maximum Gasteiger partial charge on any atom is 0.0589 e. The third-order valence-corrected chi connectivity index (χ3v) is 5.11. The van der Waals surface area contributed by atoms with E-state index < -0.39 is 0 Å². The van der Waals surface area contributed by atoms with Gasteiger partial charge in [0.1, 0.15) is 0 Å². The number of piperidine rings is 1. The summed E-state index contributed by atoms with van der Waals surface area (Å²) in [5.41, 5.74) is 1.56. The lowest BCUT2D eigenvalue weighted by molar-refractivity contribution is 0.117. The van der Waals surface area contributed by atoms with Gasteiger partial charge in [0.25, 0.3) is 0 Å². The van der Waals surface area contributed by atoms with Crippen molar-refractivity contribution in [3.05, 3.63) is 35.9 Å². The maximum atomic E-state index is 5.17. The first kappa shape index (κ1) is 14.1. The summed E-state index contributed by atoms with van der Waals surface area (Å²) in [5, 5.41) is 0. The number of hydrogen-bond acceptors (Lipinski definition) is 2. The van der Waals surface area contributed by atoms with E-state index in [9.17, 15) is 0 Å². The Morgan fingerprint density at radius 1 is 1.15 bits per heavy atom. The molecule has 2 nitrogen and oxygen atoms in total. The predicted molar refractivity (Wildman–Crippen MR) is 82.9 cm³/mol. The highest BCUT2D eigenvalue weighted by molar-refractivity contribution is 5.25. The van der Waals surface area contributed by atoms with Crippen molar-refractivity contribution in [1.29, 1.82) is 0 Å². The summed E-state index contributed by atoms with van der Waals surface area (Å²) >= 11 is 0. The molecule has 0 N–H and O–H groups in total. The van der Waals surface area contributed by atoms with E-state index in [0.29, 0.717) is 0 Å². The van der Waals surface area contributed by atoms with Crippen LogP contribution in [-0.4, -0.2) is 38.3 Å². The minimum absolute atomic E-state index is 0.864. The Bertz CT molecular complexity index is 397. The fourth-order valence-corrected chi connectivity index (χ4v) is 3.71. The number of rotatable bonds is 6. The summed E-state index contributed by atoms with van der Waals surface area (Å²) in [6.07, 6.45) is 5.66. The molecule has 0 spiro atoms. The average Bonchev–Trinajstić information content (AvgIpc) is 3.27. The minimum Gasteiger partial charge on any atom is -0.383 e. The Kier molecular flexibility index (Phi) is 4.74. The summed E-state index contributed by atoms with van der Waals surface area (Å²) in [4.78, 5) is 2.56. The van der Waals surface area contributed by atoms with E-state index in [0.717, 1.165) is 30.9 Å². The first-order chi connectivity index (χ1) is 9.86. The van der Waals surface area contributed by atoms with Crippen LogP contribution in [0, 0.1) is 11.8 Å². The second-order valence-electron chi connectivity index (χ2n) is 6.53. The minimum atomic E-state index is 0.864. The lowest BCUT2D eigenvalue weighted by Crippen LogP contribution is -2.36. The maximum absolute atomic E-state index is 5.17. The van der Waals surface area contributed by atoms with E-state index in [4.69, 9.17) is 4.74 Å². The Hall–Kier alpha value is -0.860. The van der Waals surface area contributed by atoms with E-state index in [1.165, 1.54) is 38.8 Å². The Morgan fingerprint density at radius 2 is 1.90 bits per heavy atom. The normalized spacial score (nSPS) is 27.6. The van der Waals surface area contributed by atoms with Crippen molar-refractivity contribution in [3.8, 4) is 0 Å². The molecule has 1 heterocycles. The molecule has 2 heteroatoms. The van der Waals surface area contributed by atoms with Gasteiger partial charge in [-0.25, -0.2) is 0 Å². The topological polar surface area (TPSA) is 12.5 Å². The van der Waals surface area contributed by atoms with E-state index in [1.54, 1.807) is 12.7 Å². The summed E-state index contributed by atoms with van der Waals surface area (Å²) in [5.74, 6) is 2.79. The fraction of sp³-hybridized carbons (Fsp3) is 0.667. The van der Waals surface area contributed by atoms with Crippen LogP contribution in [-0.2, 0) is 4.74 Å². The summed E-state index contributed by atoms with van der Waals surface area (Å²) in [7, 11) is 1.80. The van der Waals surface area contributed by atoms with Crippen molar-refractivity contribution in [1.82, 2.24) is 4.90 Å². The monoisotopic (exact) mass is 273 g/mol. The second kappa shape index (κ2) is 6.73. The molecule has 0 aromatic heterocycles. The molecular formula is C18H27NO. The van der Waals surface area contributed by atoms with Crippen LogP contribution in [0.4, 0.5) is 0 Å². The largest absolute Gasteiger partial charge is 0.383 e. The van der Waals surface area contributed by atoms with Gasteiger partial charge in [-0.15, -0.1) is 0 Å². The quantitative estimate of drug-likeness (QED) is 0.786. The molecule has 0 amide bonds. The molecule has 1 aliphatic carbocycles. The van der Waals surface area contributed by atoms with Crippen LogP contribution >= 0.6 is 0 Å². The molecular weight excluding hydrogens is 246 g/mol. The first-order valence-electron chi connectivity index (χ1n) is 8.13. The molecule has 2 aliphatic rings. The molecule has 1 saturated heterocycles. The highest BCUT2D eigenvalue weighted by atomic mass is 16.5. The van der Waals surface area contributed by atoms with Gasteiger partial charge in [-0.2, -0.15) is 0 Å². The second-order valence-corrected chi connectivity index (χ2v) is 6.53. The highest BCUT2D eigenvalue weighted by Crippen LogP contribution is 2.51.